The number of hydrogen-bond donors (Lipinski definition) is 0. The van der Waals surface area contributed by atoms with E-state index < -0.39 is 15.1 Å². The Hall–Kier alpha value is -0.590. The molecule has 0 aromatic carbocycles. The molecule has 0 unspecified atom stereocenters. The molecule has 19 heavy (non-hydrogen) atoms. The third-order valence-corrected chi connectivity index (χ3v) is 6.66. The van der Waals surface area contributed by atoms with Crippen LogP contribution >= 0.6 is 22.9 Å². The Morgan fingerprint density at radius 2 is 2.11 bits per heavy atom. The van der Waals surface area contributed by atoms with Gasteiger partial charge in [-0.25, -0.2) is 8.42 Å². The third kappa shape index (κ3) is 3.30. The molecule has 1 fully saturated rings. The lowest BCUT2D eigenvalue weighted by Crippen LogP contribution is -2.57. The molecule has 1 aromatic rings. The molecule has 0 radical (unpaired) electrons. The zero-order chi connectivity index (χ0) is 14.2. The maximum atomic E-state index is 12.0. The molecule has 0 atom stereocenters. The fourth-order valence-corrected chi connectivity index (χ4v) is 5.04. The Morgan fingerprint density at radius 1 is 1.47 bits per heavy atom. The molecule has 106 valence electrons. The highest BCUT2D eigenvalue weighted by atomic mass is 35.5. The third-order valence-electron chi connectivity index (χ3n) is 2.99. The highest BCUT2D eigenvalue weighted by Crippen LogP contribution is 2.26. The summed E-state index contributed by atoms with van der Waals surface area (Å²) in [5.41, 5.74) is 0. The molecule has 2 rings (SSSR count). The number of thiophene rings is 1. The summed E-state index contributed by atoms with van der Waals surface area (Å²) in [6, 6.07) is 3.34. The van der Waals surface area contributed by atoms with Crippen molar-refractivity contribution in [1.29, 1.82) is 0 Å². The van der Waals surface area contributed by atoms with Crippen molar-refractivity contribution >= 4 is 38.7 Å². The van der Waals surface area contributed by atoms with Crippen molar-refractivity contribution in [3.63, 3.8) is 0 Å². The van der Waals surface area contributed by atoms with Crippen LogP contribution in [0.2, 0.25) is 4.34 Å². The Balaban J connectivity index is 1.95. The average molecular weight is 322 g/mol. The lowest BCUT2D eigenvalue weighted by atomic mass is 10.2. The van der Waals surface area contributed by atoms with Gasteiger partial charge in [-0.2, -0.15) is 0 Å². The van der Waals surface area contributed by atoms with Gasteiger partial charge in [0.15, 0.2) is 9.84 Å². The number of carbonyl (C=O) groups is 1. The van der Waals surface area contributed by atoms with Crippen molar-refractivity contribution in [3.05, 3.63) is 21.3 Å². The van der Waals surface area contributed by atoms with Gasteiger partial charge in [-0.3, -0.25) is 4.79 Å². The van der Waals surface area contributed by atoms with Gasteiger partial charge in [0.05, 0.1) is 20.2 Å². The Labute approximate surface area is 122 Å². The zero-order valence-corrected chi connectivity index (χ0v) is 13.2. The highest BCUT2D eigenvalue weighted by molar-refractivity contribution is 7.92. The van der Waals surface area contributed by atoms with Gasteiger partial charge in [-0.05, 0) is 18.1 Å². The molecule has 4 nitrogen and oxygen atoms in total. The first kappa shape index (κ1) is 14.8. The summed E-state index contributed by atoms with van der Waals surface area (Å²) in [7, 11) is -3.08. The van der Waals surface area contributed by atoms with Crippen molar-refractivity contribution in [3.8, 4) is 0 Å². The number of sulfone groups is 1. The van der Waals surface area contributed by atoms with Gasteiger partial charge >= 0.3 is 0 Å². The quantitative estimate of drug-likeness (QED) is 0.855. The van der Waals surface area contributed by atoms with Crippen molar-refractivity contribution in [2.75, 3.05) is 18.8 Å². The first-order valence-electron chi connectivity index (χ1n) is 6.06. The first-order valence-corrected chi connectivity index (χ1v) is 8.97. The van der Waals surface area contributed by atoms with Crippen LogP contribution in [0.1, 0.15) is 23.5 Å². The summed E-state index contributed by atoms with van der Waals surface area (Å²) in [4.78, 5) is 14.1. The Kier molecular flexibility index (Phi) is 4.23. The number of amides is 1. The molecule has 0 saturated carbocycles. The number of nitrogens with zero attached hydrogens (tertiary/aromatic N) is 1. The van der Waals surface area contributed by atoms with Gasteiger partial charge < -0.3 is 4.90 Å². The number of rotatable bonds is 4. The largest absolute Gasteiger partial charge is 0.335 e. The van der Waals surface area contributed by atoms with Gasteiger partial charge in [0.25, 0.3) is 5.91 Å². The Bertz CT molecular complexity index is 574. The van der Waals surface area contributed by atoms with Crippen molar-refractivity contribution in [1.82, 2.24) is 4.90 Å². The number of hydrogen-bond acceptors (Lipinski definition) is 4. The van der Waals surface area contributed by atoms with Crippen LogP contribution in [-0.4, -0.2) is 43.3 Å². The lowest BCUT2D eigenvalue weighted by molar-refractivity contribution is 0.0664. The van der Waals surface area contributed by atoms with Crippen LogP contribution in [0, 0.1) is 5.92 Å². The summed E-state index contributed by atoms with van der Waals surface area (Å²) in [6.07, 6.45) is 0. The number of carbonyl (C=O) groups excluding carboxylic acids is 1. The summed E-state index contributed by atoms with van der Waals surface area (Å²) < 4.78 is 24.5. The normalized spacial score (nSPS) is 16.7. The van der Waals surface area contributed by atoms with Gasteiger partial charge in [0, 0.05) is 13.1 Å². The van der Waals surface area contributed by atoms with E-state index in [0.29, 0.717) is 22.3 Å². The van der Waals surface area contributed by atoms with Crippen LogP contribution < -0.4 is 0 Å². The predicted octanol–water partition coefficient (Wildman–Crippen LogP) is 2.30. The molecule has 0 bridgehead atoms. The monoisotopic (exact) mass is 321 g/mol. The van der Waals surface area contributed by atoms with E-state index in [-0.39, 0.29) is 17.6 Å². The number of halogens is 1. The molecule has 2 heterocycles. The van der Waals surface area contributed by atoms with E-state index in [9.17, 15) is 13.2 Å². The van der Waals surface area contributed by atoms with Crippen LogP contribution in [0.4, 0.5) is 0 Å². The predicted molar refractivity (Wildman–Crippen MR) is 77.6 cm³/mol. The van der Waals surface area contributed by atoms with E-state index in [4.69, 9.17) is 11.6 Å². The first-order chi connectivity index (χ1) is 8.79. The van der Waals surface area contributed by atoms with Crippen LogP contribution in [0.15, 0.2) is 12.1 Å². The number of likely N-dealkylation sites (tertiary alicyclic amines) is 1. The topological polar surface area (TPSA) is 54.5 Å². The molecular weight excluding hydrogens is 306 g/mol. The van der Waals surface area contributed by atoms with E-state index in [1.54, 1.807) is 17.0 Å². The van der Waals surface area contributed by atoms with Gasteiger partial charge in [-0.1, -0.05) is 25.4 Å². The zero-order valence-electron chi connectivity index (χ0n) is 10.8. The standard InChI is InChI=1S/C12H16ClNO3S2/c1-8(2)7-19(16,17)9-5-14(6-9)12(15)10-3-4-11(13)18-10/h3-4,8-9H,5-7H2,1-2H3. The van der Waals surface area contributed by atoms with Crippen LogP contribution in [0.3, 0.4) is 0 Å². The molecule has 1 amide bonds. The van der Waals surface area contributed by atoms with Crippen LogP contribution in [-0.2, 0) is 9.84 Å². The molecule has 1 aliphatic heterocycles. The van der Waals surface area contributed by atoms with Gasteiger partial charge in [0.2, 0.25) is 0 Å². The van der Waals surface area contributed by atoms with Crippen LogP contribution in [0.5, 0.6) is 0 Å². The summed E-state index contributed by atoms with van der Waals surface area (Å²) in [6.45, 7) is 4.35. The minimum absolute atomic E-state index is 0.117. The minimum atomic E-state index is -3.08. The lowest BCUT2D eigenvalue weighted by Gasteiger charge is -2.38. The molecule has 0 N–H and O–H groups in total. The van der Waals surface area contributed by atoms with E-state index in [1.165, 1.54) is 11.3 Å². The van der Waals surface area contributed by atoms with Crippen molar-refractivity contribution < 1.29 is 13.2 Å². The molecule has 7 heteroatoms. The summed E-state index contributed by atoms with van der Waals surface area (Å²) in [5.74, 6) is 0.170. The molecule has 1 saturated heterocycles. The fourth-order valence-electron chi connectivity index (χ4n) is 2.02. The maximum absolute atomic E-state index is 12.0. The molecule has 1 aromatic heterocycles. The van der Waals surface area contributed by atoms with E-state index in [2.05, 4.69) is 0 Å². The summed E-state index contributed by atoms with van der Waals surface area (Å²) >= 11 is 7.00. The molecule has 0 aliphatic carbocycles. The van der Waals surface area contributed by atoms with Gasteiger partial charge in [-0.15, -0.1) is 11.3 Å². The van der Waals surface area contributed by atoms with Crippen molar-refractivity contribution in [2.45, 2.75) is 19.1 Å². The second-order valence-electron chi connectivity index (χ2n) is 5.16. The minimum Gasteiger partial charge on any atom is -0.335 e. The molecular formula is C12H16ClNO3S2. The van der Waals surface area contributed by atoms with Gasteiger partial charge in [0.1, 0.15) is 0 Å². The van der Waals surface area contributed by atoms with E-state index >= 15 is 0 Å². The second kappa shape index (κ2) is 5.42. The van der Waals surface area contributed by atoms with E-state index in [1.807, 2.05) is 13.8 Å². The second-order valence-corrected chi connectivity index (χ2v) is 9.20. The highest BCUT2D eigenvalue weighted by Gasteiger charge is 2.40. The fraction of sp³-hybridized carbons (Fsp3) is 0.583. The van der Waals surface area contributed by atoms with E-state index in [0.717, 1.165) is 0 Å². The molecule has 0 spiro atoms. The average Bonchev–Trinajstić information content (AvgIpc) is 2.59. The maximum Gasteiger partial charge on any atom is 0.264 e. The van der Waals surface area contributed by atoms with Crippen molar-refractivity contribution in [2.24, 2.45) is 5.92 Å². The Morgan fingerprint density at radius 3 is 2.58 bits per heavy atom. The SMILES string of the molecule is CC(C)CS(=O)(=O)C1CN(C(=O)c2ccc(Cl)s2)C1. The summed E-state index contributed by atoms with van der Waals surface area (Å²) in [5, 5.41) is -0.408. The smallest absolute Gasteiger partial charge is 0.264 e. The van der Waals surface area contributed by atoms with Crippen LogP contribution in [0.25, 0.3) is 0 Å². The molecule has 1 aliphatic rings.